The zero-order valence-electron chi connectivity index (χ0n) is 8.97. The molecule has 1 rings (SSSR count). The first-order valence-corrected chi connectivity index (χ1v) is 6.21. The Bertz CT molecular complexity index is 360. The fourth-order valence-electron chi connectivity index (χ4n) is 1.28. The van der Waals surface area contributed by atoms with Crippen molar-refractivity contribution in [1.82, 2.24) is 5.32 Å². The van der Waals surface area contributed by atoms with Gasteiger partial charge in [0.05, 0.1) is 0 Å². The highest BCUT2D eigenvalue weighted by Gasteiger charge is 2.11. The largest absolute Gasteiger partial charge is 0.348 e. The number of nitrogens with two attached hydrogens (primary N) is 1. The van der Waals surface area contributed by atoms with Crippen LogP contribution in [0.1, 0.15) is 23.7 Å². The molecule has 1 aromatic carbocycles. The standard InChI is InChI=1S/C11H14BrClN2O/c1-2-10(6-14)15-11(16)7-3-8(12)5-9(13)4-7/h3-5,10H,2,6,14H2,1H3,(H,15,16). The molecule has 0 saturated carbocycles. The molecule has 1 amide bonds. The first kappa shape index (κ1) is 13.5. The van der Waals surface area contributed by atoms with Gasteiger partial charge in [0.15, 0.2) is 0 Å². The zero-order valence-corrected chi connectivity index (χ0v) is 11.3. The molecule has 0 aromatic heterocycles. The van der Waals surface area contributed by atoms with Crippen LogP contribution in [0.4, 0.5) is 0 Å². The summed E-state index contributed by atoms with van der Waals surface area (Å²) in [4.78, 5) is 11.8. The maximum Gasteiger partial charge on any atom is 0.251 e. The predicted molar refractivity (Wildman–Crippen MR) is 69.8 cm³/mol. The minimum atomic E-state index is -0.152. The van der Waals surface area contributed by atoms with Gasteiger partial charge >= 0.3 is 0 Å². The molecule has 5 heteroatoms. The fraction of sp³-hybridized carbons (Fsp3) is 0.364. The molecule has 0 heterocycles. The van der Waals surface area contributed by atoms with Crippen LogP contribution in [0, 0.1) is 0 Å². The number of carbonyl (C=O) groups excluding carboxylic acids is 1. The van der Waals surface area contributed by atoms with Gasteiger partial charge in [-0.05, 0) is 24.6 Å². The number of nitrogens with one attached hydrogen (secondary N) is 1. The second kappa shape index (κ2) is 6.23. The maximum absolute atomic E-state index is 11.8. The molecule has 0 aliphatic rings. The zero-order chi connectivity index (χ0) is 12.1. The number of halogens is 2. The summed E-state index contributed by atoms with van der Waals surface area (Å²) in [5, 5.41) is 3.37. The second-order valence-electron chi connectivity index (χ2n) is 3.47. The third kappa shape index (κ3) is 3.77. The van der Waals surface area contributed by atoms with Gasteiger partial charge in [-0.1, -0.05) is 34.5 Å². The molecule has 0 bridgehead atoms. The van der Waals surface area contributed by atoms with Crippen LogP contribution in [0.25, 0.3) is 0 Å². The van der Waals surface area contributed by atoms with Gasteiger partial charge in [0, 0.05) is 27.6 Å². The van der Waals surface area contributed by atoms with Crippen molar-refractivity contribution < 1.29 is 4.79 Å². The highest BCUT2D eigenvalue weighted by Crippen LogP contribution is 2.19. The Morgan fingerprint density at radius 3 is 2.75 bits per heavy atom. The van der Waals surface area contributed by atoms with E-state index in [2.05, 4.69) is 21.2 Å². The lowest BCUT2D eigenvalue weighted by molar-refractivity contribution is 0.0937. The number of hydrogen-bond acceptors (Lipinski definition) is 2. The van der Waals surface area contributed by atoms with Crippen LogP contribution in [0.2, 0.25) is 5.02 Å². The quantitative estimate of drug-likeness (QED) is 0.898. The van der Waals surface area contributed by atoms with E-state index >= 15 is 0 Å². The van der Waals surface area contributed by atoms with Crippen LogP contribution in [0.5, 0.6) is 0 Å². The van der Waals surface area contributed by atoms with Crippen LogP contribution in [0.15, 0.2) is 22.7 Å². The molecule has 0 aliphatic heterocycles. The van der Waals surface area contributed by atoms with Gasteiger partial charge in [-0.2, -0.15) is 0 Å². The molecular weight excluding hydrogens is 291 g/mol. The van der Waals surface area contributed by atoms with E-state index in [0.717, 1.165) is 10.9 Å². The van der Waals surface area contributed by atoms with E-state index in [1.807, 2.05) is 6.92 Å². The first-order valence-electron chi connectivity index (χ1n) is 5.03. The molecule has 0 spiro atoms. The van der Waals surface area contributed by atoms with E-state index in [1.54, 1.807) is 18.2 Å². The second-order valence-corrected chi connectivity index (χ2v) is 4.82. The normalized spacial score (nSPS) is 12.2. The molecule has 0 fully saturated rings. The van der Waals surface area contributed by atoms with Crippen LogP contribution < -0.4 is 11.1 Å². The van der Waals surface area contributed by atoms with Crippen LogP contribution in [0.3, 0.4) is 0 Å². The molecule has 1 aromatic rings. The molecule has 16 heavy (non-hydrogen) atoms. The highest BCUT2D eigenvalue weighted by atomic mass is 79.9. The highest BCUT2D eigenvalue weighted by molar-refractivity contribution is 9.10. The summed E-state index contributed by atoms with van der Waals surface area (Å²) in [6, 6.07) is 5.10. The molecule has 0 saturated heterocycles. The molecule has 88 valence electrons. The van der Waals surface area contributed by atoms with Crippen molar-refractivity contribution in [3.8, 4) is 0 Å². The minimum Gasteiger partial charge on any atom is -0.348 e. The number of benzene rings is 1. The van der Waals surface area contributed by atoms with Gasteiger partial charge in [0.2, 0.25) is 0 Å². The summed E-state index contributed by atoms with van der Waals surface area (Å²) in [5.74, 6) is -0.152. The van der Waals surface area contributed by atoms with E-state index in [0.29, 0.717) is 17.1 Å². The van der Waals surface area contributed by atoms with E-state index in [-0.39, 0.29) is 11.9 Å². The van der Waals surface area contributed by atoms with Crippen LogP contribution in [-0.4, -0.2) is 18.5 Å². The van der Waals surface area contributed by atoms with Crippen molar-refractivity contribution in [2.45, 2.75) is 19.4 Å². The molecule has 3 nitrogen and oxygen atoms in total. The van der Waals surface area contributed by atoms with Gasteiger partial charge < -0.3 is 11.1 Å². The van der Waals surface area contributed by atoms with Crippen molar-refractivity contribution >= 4 is 33.4 Å². The molecule has 0 aliphatic carbocycles. The topological polar surface area (TPSA) is 55.1 Å². The molecule has 0 radical (unpaired) electrons. The van der Waals surface area contributed by atoms with Crippen molar-refractivity contribution in [1.29, 1.82) is 0 Å². The monoisotopic (exact) mass is 304 g/mol. The number of rotatable bonds is 4. The molecule has 1 unspecified atom stereocenters. The molecule has 3 N–H and O–H groups in total. The SMILES string of the molecule is CCC(CN)NC(=O)c1cc(Cl)cc(Br)c1. The third-order valence-electron chi connectivity index (χ3n) is 2.24. The Balaban J connectivity index is 2.80. The smallest absolute Gasteiger partial charge is 0.251 e. The Kier molecular flexibility index (Phi) is 5.25. The van der Waals surface area contributed by atoms with Crippen LogP contribution in [-0.2, 0) is 0 Å². The van der Waals surface area contributed by atoms with Gasteiger partial charge in [-0.3, -0.25) is 4.79 Å². The minimum absolute atomic E-state index is 0.00487. The third-order valence-corrected chi connectivity index (χ3v) is 2.91. The van der Waals surface area contributed by atoms with Crippen molar-refractivity contribution in [2.24, 2.45) is 5.73 Å². The predicted octanol–water partition coefficient (Wildman–Crippen LogP) is 2.57. The van der Waals surface area contributed by atoms with Crippen molar-refractivity contribution in [2.75, 3.05) is 6.54 Å². The summed E-state index contributed by atoms with van der Waals surface area (Å²) in [6.07, 6.45) is 0.809. The lowest BCUT2D eigenvalue weighted by Crippen LogP contribution is -2.39. The average Bonchev–Trinajstić information content (AvgIpc) is 2.24. The lowest BCUT2D eigenvalue weighted by Gasteiger charge is -2.14. The van der Waals surface area contributed by atoms with E-state index in [1.165, 1.54) is 0 Å². The maximum atomic E-state index is 11.8. The lowest BCUT2D eigenvalue weighted by atomic mass is 10.1. The Hall–Kier alpha value is -0.580. The Morgan fingerprint density at radius 2 is 2.25 bits per heavy atom. The number of carbonyl (C=O) groups is 1. The summed E-state index contributed by atoms with van der Waals surface area (Å²) in [7, 11) is 0. The number of amides is 1. The summed E-state index contributed by atoms with van der Waals surface area (Å²) >= 11 is 9.16. The Morgan fingerprint density at radius 1 is 1.56 bits per heavy atom. The first-order chi connectivity index (χ1) is 7.56. The summed E-state index contributed by atoms with van der Waals surface area (Å²) in [5.41, 5.74) is 6.05. The van der Waals surface area contributed by atoms with Gasteiger partial charge in [-0.25, -0.2) is 0 Å². The molecular formula is C11H14BrClN2O. The summed E-state index contributed by atoms with van der Waals surface area (Å²) < 4.78 is 0.783. The van der Waals surface area contributed by atoms with E-state index in [4.69, 9.17) is 17.3 Å². The molecule has 1 atom stereocenters. The van der Waals surface area contributed by atoms with Crippen molar-refractivity contribution in [3.63, 3.8) is 0 Å². The Labute approximate surface area is 108 Å². The van der Waals surface area contributed by atoms with Gasteiger partial charge in [0.1, 0.15) is 0 Å². The van der Waals surface area contributed by atoms with Gasteiger partial charge in [-0.15, -0.1) is 0 Å². The average molecular weight is 306 g/mol. The van der Waals surface area contributed by atoms with E-state index < -0.39 is 0 Å². The van der Waals surface area contributed by atoms with Crippen molar-refractivity contribution in [3.05, 3.63) is 33.3 Å². The summed E-state index contributed by atoms with van der Waals surface area (Å²) in [6.45, 7) is 2.41. The van der Waals surface area contributed by atoms with E-state index in [9.17, 15) is 4.79 Å². The fourth-order valence-corrected chi connectivity index (χ4v) is 2.14. The van der Waals surface area contributed by atoms with Crippen LogP contribution >= 0.6 is 27.5 Å². The van der Waals surface area contributed by atoms with Gasteiger partial charge in [0.25, 0.3) is 5.91 Å². The number of hydrogen-bond donors (Lipinski definition) is 2.